The molecule has 0 amide bonds. The first-order valence-electron chi connectivity index (χ1n) is 9.79. The molecule has 160 valence electrons. The van der Waals surface area contributed by atoms with Crippen molar-refractivity contribution in [1.82, 2.24) is 14.3 Å². The molecule has 0 aliphatic carbocycles. The molecule has 2 aromatic heterocycles. The molecule has 2 N–H and O–H groups in total. The van der Waals surface area contributed by atoms with E-state index in [4.69, 9.17) is 11.6 Å². The van der Waals surface area contributed by atoms with Crippen molar-refractivity contribution in [3.8, 4) is 0 Å². The lowest BCUT2D eigenvalue weighted by molar-refractivity contribution is 0.588. The van der Waals surface area contributed by atoms with Gasteiger partial charge in [-0.2, -0.15) is 0 Å². The van der Waals surface area contributed by atoms with Crippen molar-refractivity contribution in [2.24, 2.45) is 0 Å². The van der Waals surface area contributed by atoms with Gasteiger partial charge in [0, 0.05) is 46.9 Å². The van der Waals surface area contributed by atoms with E-state index in [1.54, 1.807) is 24.5 Å². The monoisotopic (exact) mass is 454 g/mol. The number of aromatic nitrogens is 2. The number of rotatable bonds is 6. The minimum atomic E-state index is -3.79. The highest BCUT2D eigenvalue weighted by molar-refractivity contribution is 7.90. The number of benzene rings is 2. The Labute approximate surface area is 186 Å². The number of hydrogen-bond donors (Lipinski definition) is 2. The summed E-state index contributed by atoms with van der Waals surface area (Å²) in [5.41, 5.74) is 5.27. The highest BCUT2D eigenvalue weighted by Gasteiger charge is 2.21. The Morgan fingerprint density at radius 3 is 2.48 bits per heavy atom. The van der Waals surface area contributed by atoms with E-state index in [2.05, 4.69) is 15.6 Å². The van der Waals surface area contributed by atoms with E-state index in [1.165, 1.54) is 10.2 Å². The van der Waals surface area contributed by atoms with Gasteiger partial charge in [0.2, 0.25) is 0 Å². The zero-order valence-electron chi connectivity index (χ0n) is 17.5. The molecule has 4 rings (SSSR count). The molecule has 0 bridgehead atoms. The zero-order valence-corrected chi connectivity index (χ0v) is 19.1. The third kappa shape index (κ3) is 4.04. The Kier molecular flexibility index (Phi) is 5.75. The summed E-state index contributed by atoms with van der Waals surface area (Å²) in [5, 5.41) is 8.09. The van der Waals surface area contributed by atoms with Gasteiger partial charge in [0.05, 0.1) is 5.52 Å². The molecule has 6 nitrogen and oxygen atoms in total. The Hall–Kier alpha value is -2.87. The van der Waals surface area contributed by atoms with Crippen LogP contribution in [-0.4, -0.2) is 24.4 Å². The summed E-state index contributed by atoms with van der Waals surface area (Å²) in [5.74, 6) is 0. The molecule has 0 unspecified atom stereocenters. The van der Waals surface area contributed by atoms with E-state index in [1.807, 2.05) is 51.2 Å². The summed E-state index contributed by atoms with van der Waals surface area (Å²) in [6, 6.07) is 12.7. The van der Waals surface area contributed by atoms with E-state index in [9.17, 15) is 8.42 Å². The van der Waals surface area contributed by atoms with Crippen molar-refractivity contribution in [2.45, 2.75) is 25.3 Å². The van der Waals surface area contributed by atoms with Crippen LogP contribution in [0.2, 0.25) is 5.02 Å². The number of anilines is 2. The van der Waals surface area contributed by atoms with Crippen LogP contribution >= 0.6 is 11.6 Å². The molecular formula is C23H23ClN4O2S. The van der Waals surface area contributed by atoms with Crippen LogP contribution in [0.1, 0.15) is 16.7 Å². The third-order valence-corrected chi connectivity index (χ3v) is 7.05. The highest BCUT2D eigenvalue weighted by Crippen LogP contribution is 2.32. The van der Waals surface area contributed by atoms with Crippen LogP contribution in [0.3, 0.4) is 0 Å². The molecular weight excluding hydrogens is 432 g/mol. The minimum absolute atomic E-state index is 0.144. The van der Waals surface area contributed by atoms with Gasteiger partial charge in [0.25, 0.3) is 10.0 Å². The molecule has 0 atom stereocenters. The van der Waals surface area contributed by atoms with Gasteiger partial charge in [-0.25, -0.2) is 12.4 Å². The summed E-state index contributed by atoms with van der Waals surface area (Å²) >= 11 is 6.16. The van der Waals surface area contributed by atoms with Crippen LogP contribution in [-0.2, 0) is 16.6 Å². The van der Waals surface area contributed by atoms with Crippen LogP contribution < -0.4 is 10.6 Å². The number of halogens is 1. The maximum atomic E-state index is 13.3. The van der Waals surface area contributed by atoms with Gasteiger partial charge >= 0.3 is 0 Å². The zero-order chi connectivity index (χ0) is 22.2. The predicted molar refractivity (Wildman–Crippen MR) is 126 cm³/mol. The SMILES string of the molecule is CNCc1cn(S(=O)(=O)c2cccnc2)c2cc(Nc3c(C)cc(Cl)cc3C)ccc12. The van der Waals surface area contributed by atoms with Gasteiger partial charge in [-0.3, -0.25) is 4.98 Å². The second-order valence-electron chi connectivity index (χ2n) is 7.45. The molecule has 0 fully saturated rings. The number of pyridine rings is 1. The molecule has 0 aliphatic heterocycles. The van der Waals surface area contributed by atoms with Crippen molar-refractivity contribution in [1.29, 1.82) is 0 Å². The summed E-state index contributed by atoms with van der Waals surface area (Å²) in [7, 11) is -1.96. The Bertz CT molecular complexity index is 1340. The predicted octanol–water partition coefficient (Wildman–Crippen LogP) is 5.01. The van der Waals surface area contributed by atoms with Crippen molar-refractivity contribution in [2.75, 3.05) is 12.4 Å². The Morgan fingerprint density at radius 1 is 1.10 bits per heavy atom. The topological polar surface area (TPSA) is 76.0 Å². The van der Waals surface area contributed by atoms with Gasteiger partial charge < -0.3 is 10.6 Å². The minimum Gasteiger partial charge on any atom is -0.355 e. The normalized spacial score (nSPS) is 11.7. The van der Waals surface area contributed by atoms with Gasteiger partial charge in [-0.15, -0.1) is 0 Å². The number of nitrogens with zero attached hydrogens (tertiary/aromatic N) is 2. The lowest BCUT2D eigenvalue weighted by Gasteiger charge is -2.14. The Morgan fingerprint density at radius 2 is 1.84 bits per heavy atom. The second kappa shape index (κ2) is 8.34. The first kappa shape index (κ1) is 21.4. The molecule has 2 aromatic carbocycles. The molecule has 0 aliphatic rings. The van der Waals surface area contributed by atoms with E-state index in [0.717, 1.165) is 33.5 Å². The first-order chi connectivity index (χ1) is 14.8. The summed E-state index contributed by atoms with van der Waals surface area (Å²) < 4.78 is 28.0. The van der Waals surface area contributed by atoms with Crippen molar-refractivity contribution in [3.63, 3.8) is 0 Å². The van der Waals surface area contributed by atoms with Crippen LogP contribution in [0.4, 0.5) is 11.4 Å². The lowest BCUT2D eigenvalue weighted by Crippen LogP contribution is -2.12. The number of fused-ring (bicyclic) bond motifs is 1. The smallest absolute Gasteiger partial charge is 0.269 e. The van der Waals surface area contributed by atoms with Gasteiger partial charge in [-0.1, -0.05) is 17.7 Å². The molecule has 0 spiro atoms. The van der Waals surface area contributed by atoms with E-state index in [-0.39, 0.29) is 4.90 Å². The van der Waals surface area contributed by atoms with Crippen LogP contribution in [0.25, 0.3) is 10.9 Å². The fourth-order valence-electron chi connectivity index (χ4n) is 3.74. The second-order valence-corrected chi connectivity index (χ2v) is 9.70. The van der Waals surface area contributed by atoms with Crippen molar-refractivity contribution >= 4 is 43.9 Å². The lowest BCUT2D eigenvalue weighted by atomic mass is 10.1. The summed E-state index contributed by atoms with van der Waals surface area (Å²) in [6.07, 6.45) is 4.59. The summed E-state index contributed by atoms with van der Waals surface area (Å²) in [4.78, 5) is 4.12. The van der Waals surface area contributed by atoms with Crippen LogP contribution in [0.15, 0.2) is 66.0 Å². The van der Waals surface area contributed by atoms with E-state index < -0.39 is 10.0 Å². The molecule has 2 heterocycles. The quantitative estimate of drug-likeness (QED) is 0.428. The van der Waals surface area contributed by atoms with E-state index in [0.29, 0.717) is 17.1 Å². The molecule has 0 radical (unpaired) electrons. The third-order valence-electron chi connectivity index (χ3n) is 5.18. The molecule has 0 saturated carbocycles. The van der Waals surface area contributed by atoms with Crippen molar-refractivity contribution in [3.05, 3.63) is 82.8 Å². The average Bonchev–Trinajstić information content (AvgIpc) is 3.10. The molecule has 8 heteroatoms. The average molecular weight is 455 g/mol. The van der Waals surface area contributed by atoms with Crippen LogP contribution in [0.5, 0.6) is 0 Å². The summed E-state index contributed by atoms with van der Waals surface area (Å²) in [6.45, 7) is 4.52. The number of hydrogen-bond acceptors (Lipinski definition) is 5. The maximum absolute atomic E-state index is 13.3. The maximum Gasteiger partial charge on any atom is 0.269 e. The van der Waals surface area contributed by atoms with Crippen LogP contribution in [0, 0.1) is 13.8 Å². The fraction of sp³-hybridized carbons (Fsp3) is 0.174. The van der Waals surface area contributed by atoms with Gasteiger partial charge in [0.1, 0.15) is 4.90 Å². The van der Waals surface area contributed by atoms with Crippen molar-refractivity contribution < 1.29 is 8.42 Å². The van der Waals surface area contributed by atoms with Gasteiger partial charge in [0.15, 0.2) is 0 Å². The first-order valence-corrected chi connectivity index (χ1v) is 11.6. The number of aryl methyl sites for hydroxylation is 2. The Balaban J connectivity index is 1.86. The number of nitrogens with one attached hydrogen (secondary N) is 2. The molecule has 0 saturated heterocycles. The standard InChI is InChI=1S/C23H23ClN4O2S/c1-15-9-18(24)10-16(2)23(15)27-19-6-7-21-17(12-25-3)14-28(22(21)11-19)31(29,30)20-5-4-8-26-13-20/h4-11,13-14,25,27H,12H2,1-3H3. The fourth-order valence-corrected chi connectivity index (χ4v) is 5.41. The highest BCUT2D eigenvalue weighted by atomic mass is 35.5. The van der Waals surface area contributed by atoms with E-state index >= 15 is 0 Å². The molecule has 31 heavy (non-hydrogen) atoms. The molecule has 4 aromatic rings. The van der Waals surface area contributed by atoms with Gasteiger partial charge in [-0.05, 0) is 74.0 Å². The largest absolute Gasteiger partial charge is 0.355 e.